The van der Waals surface area contributed by atoms with E-state index in [1.165, 1.54) is 35.7 Å². The van der Waals surface area contributed by atoms with Crippen molar-refractivity contribution in [2.45, 2.75) is 31.6 Å². The molecule has 2 rings (SSSR count). The monoisotopic (exact) mass is 224 g/mol. The Hall–Kier alpha value is -0.300. The van der Waals surface area contributed by atoms with Crippen LogP contribution in [0.4, 0.5) is 0 Å². The average molecular weight is 225 g/mol. The Morgan fingerprint density at radius 1 is 1.08 bits per heavy atom. The fourth-order valence-electron chi connectivity index (χ4n) is 2.04. The fourth-order valence-corrected chi connectivity index (χ4v) is 2.65. The summed E-state index contributed by atoms with van der Waals surface area (Å²) in [6.45, 7) is 0. The van der Waals surface area contributed by atoms with E-state index in [2.05, 4.69) is 40.2 Å². The number of hydrogen-bond acceptors (Lipinski definition) is 0. The molecule has 1 saturated carbocycles. The first-order valence-electron chi connectivity index (χ1n) is 4.62. The van der Waals surface area contributed by atoms with Crippen LogP contribution in [0.5, 0.6) is 0 Å². The van der Waals surface area contributed by atoms with E-state index in [4.69, 9.17) is 0 Å². The van der Waals surface area contributed by atoms with Crippen LogP contribution in [-0.2, 0) is 0 Å². The maximum atomic E-state index is 3.61. The predicted octanol–water partition coefficient (Wildman–Crippen LogP) is 4.11. The molecule has 12 heavy (non-hydrogen) atoms. The lowest BCUT2D eigenvalue weighted by atomic mass is 9.98. The zero-order valence-electron chi connectivity index (χ0n) is 7.09. The maximum absolute atomic E-state index is 3.61. The summed E-state index contributed by atoms with van der Waals surface area (Å²) in [5.41, 5.74) is 1.51. The van der Waals surface area contributed by atoms with Crippen molar-refractivity contribution in [3.8, 4) is 0 Å². The molecule has 0 amide bonds. The minimum Gasteiger partial charge on any atom is -0.0619 e. The highest BCUT2D eigenvalue weighted by molar-refractivity contribution is 9.10. The molecule has 0 atom stereocenters. The third-order valence-corrected chi connectivity index (χ3v) is 3.42. The third-order valence-electron chi connectivity index (χ3n) is 2.70. The van der Waals surface area contributed by atoms with Gasteiger partial charge in [-0.2, -0.15) is 0 Å². The zero-order chi connectivity index (χ0) is 8.39. The van der Waals surface area contributed by atoms with Crippen molar-refractivity contribution in [1.82, 2.24) is 0 Å². The van der Waals surface area contributed by atoms with Crippen molar-refractivity contribution < 1.29 is 0 Å². The molecule has 0 unspecified atom stereocenters. The van der Waals surface area contributed by atoms with Gasteiger partial charge in [-0.25, -0.2) is 0 Å². The Morgan fingerprint density at radius 2 is 1.75 bits per heavy atom. The van der Waals surface area contributed by atoms with E-state index in [1.807, 2.05) is 0 Å². The van der Waals surface area contributed by atoms with Crippen LogP contribution < -0.4 is 0 Å². The maximum Gasteiger partial charge on any atom is 0.0210 e. The van der Waals surface area contributed by atoms with Crippen molar-refractivity contribution in [1.29, 1.82) is 0 Å². The Kier molecular flexibility index (Phi) is 2.50. The highest BCUT2D eigenvalue weighted by Gasteiger charge is 2.18. The van der Waals surface area contributed by atoms with Gasteiger partial charge in [-0.1, -0.05) is 47.0 Å². The fraction of sp³-hybridized carbons (Fsp3) is 0.455. The highest BCUT2D eigenvalue weighted by Crippen LogP contribution is 2.37. The van der Waals surface area contributed by atoms with Crippen LogP contribution in [0.25, 0.3) is 0 Å². The lowest BCUT2D eigenvalue weighted by Gasteiger charge is -2.10. The van der Waals surface area contributed by atoms with Crippen LogP contribution in [0.1, 0.15) is 37.2 Å². The molecule has 1 aromatic rings. The molecular formula is C11H13Br. The van der Waals surface area contributed by atoms with E-state index in [-0.39, 0.29) is 0 Å². The van der Waals surface area contributed by atoms with Gasteiger partial charge in [0, 0.05) is 4.47 Å². The van der Waals surface area contributed by atoms with Crippen molar-refractivity contribution in [3.05, 3.63) is 34.3 Å². The van der Waals surface area contributed by atoms with Crippen molar-refractivity contribution in [2.75, 3.05) is 0 Å². The average Bonchev–Trinajstić information content (AvgIpc) is 2.57. The van der Waals surface area contributed by atoms with Gasteiger partial charge in [0.2, 0.25) is 0 Å². The summed E-state index contributed by atoms with van der Waals surface area (Å²) in [6.07, 6.45) is 5.57. The molecule has 1 aromatic carbocycles. The molecule has 0 saturated heterocycles. The molecular weight excluding hydrogens is 212 g/mol. The lowest BCUT2D eigenvalue weighted by molar-refractivity contribution is 0.720. The minimum atomic E-state index is 0.820. The Labute approximate surface area is 82.1 Å². The molecule has 0 spiro atoms. The van der Waals surface area contributed by atoms with E-state index >= 15 is 0 Å². The second kappa shape index (κ2) is 3.61. The molecule has 0 radical (unpaired) electrons. The summed E-state index contributed by atoms with van der Waals surface area (Å²) < 4.78 is 1.29. The van der Waals surface area contributed by atoms with Gasteiger partial charge in [0.05, 0.1) is 0 Å². The lowest BCUT2D eigenvalue weighted by Crippen LogP contribution is -1.92. The number of benzene rings is 1. The van der Waals surface area contributed by atoms with Gasteiger partial charge in [-0.05, 0) is 30.4 Å². The predicted molar refractivity (Wildman–Crippen MR) is 55.4 cm³/mol. The molecule has 1 heteroatoms. The quantitative estimate of drug-likeness (QED) is 0.674. The first-order chi connectivity index (χ1) is 5.88. The molecule has 1 fully saturated rings. The van der Waals surface area contributed by atoms with Crippen LogP contribution in [-0.4, -0.2) is 0 Å². The summed E-state index contributed by atoms with van der Waals surface area (Å²) in [5, 5.41) is 0. The van der Waals surface area contributed by atoms with Crippen molar-refractivity contribution in [3.63, 3.8) is 0 Å². The van der Waals surface area contributed by atoms with Gasteiger partial charge in [0.25, 0.3) is 0 Å². The van der Waals surface area contributed by atoms with Gasteiger partial charge in [-0.15, -0.1) is 0 Å². The zero-order valence-corrected chi connectivity index (χ0v) is 8.68. The Balaban J connectivity index is 2.26. The van der Waals surface area contributed by atoms with Gasteiger partial charge >= 0.3 is 0 Å². The molecule has 0 aliphatic heterocycles. The van der Waals surface area contributed by atoms with Crippen LogP contribution in [0.15, 0.2) is 28.7 Å². The van der Waals surface area contributed by atoms with Crippen molar-refractivity contribution in [2.24, 2.45) is 0 Å². The van der Waals surface area contributed by atoms with Crippen LogP contribution in [0.2, 0.25) is 0 Å². The Bertz CT molecular complexity index is 261. The molecule has 64 valence electrons. The summed E-state index contributed by atoms with van der Waals surface area (Å²) in [7, 11) is 0. The number of hydrogen-bond donors (Lipinski definition) is 0. The SMILES string of the molecule is Brc1ccccc1C1CCCC1. The molecule has 0 heterocycles. The van der Waals surface area contributed by atoms with E-state index in [0.717, 1.165) is 5.92 Å². The summed E-state index contributed by atoms with van der Waals surface area (Å²) in [6, 6.07) is 8.62. The van der Waals surface area contributed by atoms with E-state index in [1.54, 1.807) is 0 Å². The number of rotatable bonds is 1. The van der Waals surface area contributed by atoms with E-state index in [0.29, 0.717) is 0 Å². The normalized spacial score (nSPS) is 18.4. The Morgan fingerprint density at radius 3 is 2.42 bits per heavy atom. The summed E-state index contributed by atoms with van der Waals surface area (Å²) >= 11 is 3.61. The smallest absolute Gasteiger partial charge is 0.0210 e. The topological polar surface area (TPSA) is 0 Å². The summed E-state index contributed by atoms with van der Waals surface area (Å²) in [4.78, 5) is 0. The van der Waals surface area contributed by atoms with Crippen molar-refractivity contribution >= 4 is 15.9 Å². The van der Waals surface area contributed by atoms with Crippen LogP contribution in [0.3, 0.4) is 0 Å². The second-order valence-electron chi connectivity index (χ2n) is 3.50. The van der Waals surface area contributed by atoms with Gasteiger partial charge in [0.15, 0.2) is 0 Å². The van der Waals surface area contributed by atoms with Gasteiger partial charge in [0.1, 0.15) is 0 Å². The molecule has 0 nitrogen and oxygen atoms in total. The van der Waals surface area contributed by atoms with Crippen LogP contribution in [0, 0.1) is 0 Å². The van der Waals surface area contributed by atoms with Gasteiger partial charge in [-0.3, -0.25) is 0 Å². The van der Waals surface area contributed by atoms with E-state index < -0.39 is 0 Å². The summed E-state index contributed by atoms with van der Waals surface area (Å²) in [5.74, 6) is 0.820. The minimum absolute atomic E-state index is 0.820. The molecule has 1 aliphatic carbocycles. The van der Waals surface area contributed by atoms with E-state index in [9.17, 15) is 0 Å². The number of halogens is 1. The standard InChI is InChI=1S/C11H13Br/c12-11-8-4-3-7-10(11)9-5-1-2-6-9/h3-4,7-9H,1-2,5-6H2. The molecule has 0 bridgehead atoms. The second-order valence-corrected chi connectivity index (χ2v) is 4.36. The van der Waals surface area contributed by atoms with Gasteiger partial charge < -0.3 is 0 Å². The first-order valence-corrected chi connectivity index (χ1v) is 5.41. The first kappa shape index (κ1) is 8.31. The molecule has 0 N–H and O–H groups in total. The highest BCUT2D eigenvalue weighted by atomic mass is 79.9. The van der Waals surface area contributed by atoms with Crippen LogP contribution >= 0.6 is 15.9 Å². The third kappa shape index (κ3) is 1.56. The largest absolute Gasteiger partial charge is 0.0619 e. The molecule has 0 aromatic heterocycles. The molecule has 1 aliphatic rings.